The van der Waals surface area contributed by atoms with Gasteiger partial charge < -0.3 is 9.80 Å². The van der Waals surface area contributed by atoms with Gasteiger partial charge in [0.25, 0.3) is 5.91 Å². The summed E-state index contributed by atoms with van der Waals surface area (Å²) < 4.78 is 13.1. The van der Waals surface area contributed by atoms with Crippen LogP contribution in [-0.4, -0.2) is 41.2 Å². The van der Waals surface area contributed by atoms with Crippen LogP contribution in [0.25, 0.3) is 0 Å². The van der Waals surface area contributed by atoms with Gasteiger partial charge in [0.05, 0.1) is 6.54 Å². The summed E-state index contributed by atoms with van der Waals surface area (Å²) in [5.41, 5.74) is 0.487. The molecule has 0 aliphatic carbocycles. The first-order valence-electron chi connectivity index (χ1n) is 10.5. The van der Waals surface area contributed by atoms with E-state index in [0.717, 1.165) is 6.42 Å². The van der Waals surface area contributed by atoms with Crippen LogP contribution >= 0.6 is 22.7 Å². The fraction of sp³-hybridized carbons (Fsp3) is 0.333. The lowest BCUT2D eigenvalue weighted by Gasteiger charge is -2.34. The number of thiophene rings is 2. The van der Waals surface area contributed by atoms with Crippen molar-refractivity contribution in [1.82, 2.24) is 9.80 Å². The number of halogens is 1. The molecule has 4 nitrogen and oxygen atoms in total. The number of likely N-dealkylation sites (tertiary alicyclic amines) is 1. The molecular formula is C24H25FN2O2S2. The summed E-state index contributed by atoms with van der Waals surface area (Å²) in [6.07, 6.45) is 2.17. The van der Waals surface area contributed by atoms with E-state index in [4.69, 9.17) is 0 Å². The van der Waals surface area contributed by atoms with Crippen LogP contribution in [0.1, 0.15) is 33.0 Å². The molecular weight excluding hydrogens is 431 g/mol. The lowest BCUT2D eigenvalue weighted by atomic mass is 9.94. The van der Waals surface area contributed by atoms with Crippen LogP contribution in [0.3, 0.4) is 0 Å². The fourth-order valence-corrected chi connectivity index (χ4v) is 5.34. The molecule has 0 spiro atoms. The highest BCUT2D eigenvalue weighted by Gasteiger charge is 2.30. The zero-order chi connectivity index (χ0) is 21.6. The first-order chi connectivity index (χ1) is 15.1. The minimum atomic E-state index is -0.353. The van der Waals surface area contributed by atoms with Crippen molar-refractivity contribution in [2.75, 3.05) is 19.6 Å². The second-order valence-electron chi connectivity index (χ2n) is 7.74. The SMILES string of the molecule is O=C(c1ccc(F)cc1)N1CCC(C(=O)N(CCc2cccs2)Cc2cccs2)CC1. The Balaban J connectivity index is 1.36. The highest BCUT2D eigenvalue weighted by Crippen LogP contribution is 2.24. The van der Waals surface area contributed by atoms with Gasteiger partial charge in [-0.25, -0.2) is 4.39 Å². The lowest BCUT2D eigenvalue weighted by Crippen LogP contribution is -2.44. The summed E-state index contributed by atoms with van der Waals surface area (Å²) >= 11 is 3.39. The summed E-state index contributed by atoms with van der Waals surface area (Å²) in [5.74, 6) is -0.340. The predicted molar refractivity (Wildman–Crippen MR) is 123 cm³/mol. The molecule has 1 saturated heterocycles. The van der Waals surface area contributed by atoms with Crippen LogP contribution in [0.5, 0.6) is 0 Å². The molecule has 0 N–H and O–H groups in total. The Labute approximate surface area is 189 Å². The van der Waals surface area contributed by atoms with Crippen LogP contribution in [-0.2, 0) is 17.8 Å². The average molecular weight is 457 g/mol. The Kier molecular flexibility index (Phi) is 7.14. The first-order valence-corrected chi connectivity index (χ1v) is 12.2. The van der Waals surface area contributed by atoms with Crippen molar-refractivity contribution in [3.05, 3.63) is 80.4 Å². The van der Waals surface area contributed by atoms with Crippen LogP contribution in [0, 0.1) is 11.7 Å². The third-order valence-electron chi connectivity index (χ3n) is 5.67. The molecule has 0 unspecified atom stereocenters. The van der Waals surface area contributed by atoms with Gasteiger partial charge >= 0.3 is 0 Å². The monoisotopic (exact) mass is 456 g/mol. The van der Waals surface area contributed by atoms with Crippen LogP contribution < -0.4 is 0 Å². The largest absolute Gasteiger partial charge is 0.339 e. The second kappa shape index (κ2) is 10.2. The molecule has 2 amide bonds. The molecule has 0 radical (unpaired) electrons. The molecule has 7 heteroatoms. The van der Waals surface area contributed by atoms with E-state index in [9.17, 15) is 14.0 Å². The van der Waals surface area contributed by atoms with Gasteiger partial charge in [0, 0.05) is 40.9 Å². The Bertz CT molecular complexity index is 979. The molecule has 162 valence electrons. The maximum atomic E-state index is 13.4. The second-order valence-corrected chi connectivity index (χ2v) is 9.81. The number of nitrogens with zero attached hydrogens (tertiary/aromatic N) is 2. The number of piperidine rings is 1. The normalized spacial score (nSPS) is 14.5. The smallest absolute Gasteiger partial charge is 0.253 e. The first kappa shape index (κ1) is 21.7. The van der Waals surface area contributed by atoms with Gasteiger partial charge in [-0.15, -0.1) is 22.7 Å². The Morgan fingerprint density at radius 1 is 0.968 bits per heavy atom. The minimum absolute atomic E-state index is 0.0689. The summed E-state index contributed by atoms with van der Waals surface area (Å²) in [6, 6.07) is 13.9. The number of carbonyl (C=O) groups excluding carboxylic acids is 2. The van der Waals surface area contributed by atoms with Crippen molar-refractivity contribution in [1.29, 1.82) is 0 Å². The van der Waals surface area contributed by atoms with E-state index < -0.39 is 0 Å². The Hall–Kier alpha value is -2.51. The number of amides is 2. The van der Waals surface area contributed by atoms with Gasteiger partial charge in [0.1, 0.15) is 5.82 Å². The summed E-state index contributed by atoms with van der Waals surface area (Å²) in [7, 11) is 0. The zero-order valence-electron chi connectivity index (χ0n) is 17.2. The number of hydrogen-bond acceptors (Lipinski definition) is 4. The van der Waals surface area contributed by atoms with Gasteiger partial charge in [0.15, 0.2) is 0 Å². The third kappa shape index (κ3) is 5.60. The summed E-state index contributed by atoms with van der Waals surface area (Å²) in [4.78, 5) is 32.2. The maximum Gasteiger partial charge on any atom is 0.253 e. The zero-order valence-corrected chi connectivity index (χ0v) is 18.8. The fourth-order valence-electron chi connectivity index (χ4n) is 3.92. The van der Waals surface area contributed by atoms with E-state index in [1.807, 2.05) is 22.4 Å². The van der Waals surface area contributed by atoms with E-state index in [1.165, 1.54) is 34.0 Å². The molecule has 1 aromatic carbocycles. The number of hydrogen-bond donors (Lipinski definition) is 0. The standard InChI is InChI=1S/C24H25FN2O2S2/c25-20-7-5-18(6-8-20)23(28)26-12-9-19(10-13-26)24(29)27(17-22-4-2-16-31-22)14-11-21-3-1-15-30-21/h1-8,15-16,19H,9-14,17H2. The summed E-state index contributed by atoms with van der Waals surface area (Å²) in [6.45, 7) is 2.43. The quantitative estimate of drug-likeness (QED) is 0.498. The highest BCUT2D eigenvalue weighted by molar-refractivity contribution is 7.10. The number of rotatable bonds is 7. The molecule has 3 aromatic rings. The molecule has 3 heterocycles. The van der Waals surface area contributed by atoms with Crippen molar-refractivity contribution in [2.45, 2.75) is 25.8 Å². The number of benzene rings is 1. The molecule has 0 bridgehead atoms. The Morgan fingerprint density at radius 3 is 2.23 bits per heavy atom. The average Bonchev–Trinajstić information content (AvgIpc) is 3.50. The van der Waals surface area contributed by atoms with Crippen LogP contribution in [0.2, 0.25) is 0 Å². The Morgan fingerprint density at radius 2 is 1.61 bits per heavy atom. The van der Waals surface area contributed by atoms with Crippen LogP contribution in [0.4, 0.5) is 4.39 Å². The van der Waals surface area contributed by atoms with Gasteiger partial charge in [-0.3, -0.25) is 9.59 Å². The van der Waals surface area contributed by atoms with E-state index in [0.29, 0.717) is 44.6 Å². The number of carbonyl (C=O) groups is 2. The van der Waals surface area contributed by atoms with Crippen LogP contribution in [0.15, 0.2) is 59.3 Å². The molecule has 1 aliphatic heterocycles. The van der Waals surface area contributed by atoms with E-state index in [2.05, 4.69) is 17.5 Å². The van der Waals surface area contributed by atoms with E-state index >= 15 is 0 Å². The van der Waals surface area contributed by atoms with Crippen molar-refractivity contribution in [3.8, 4) is 0 Å². The highest BCUT2D eigenvalue weighted by atomic mass is 32.1. The van der Waals surface area contributed by atoms with Gasteiger partial charge in [-0.2, -0.15) is 0 Å². The van der Waals surface area contributed by atoms with Gasteiger partial charge in [-0.05, 0) is 66.4 Å². The molecule has 1 fully saturated rings. The third-order valence-corrected chi connectivity index (χ3v) is 7.47. The lowest BCUT2D eigenvalue weighted by molar-refractivity contribution is -0.137. The van der Waals surface area contributed by atoms with Gasteiger partial charge in [-0.1, -0.05) is 12.1 Å². The maximum absolute atomic E-state index is 13.4. The van der Waals surface area contributed by atoms with Crippen molar-refractivity contribution in [2.24, 2.45) is 5.92 Å². The van der Waals surface area contributed by atoms with Crippen molar-refractivity contribution >= 4 is 34.5 Å². The molecule has 0 atom stereocenters. The predicted octanol–water partition coefficient (Wildman–Crippen LogP) is 5.07. The molecule has 31 heavy (non-hydrogen) atoms. The molecule has 1 aliphatic rings. The topological polar surface area (TPSA) is 40.6 Å². The summed E-state index contributed by atoms with van der Waals surface area (Å²) in [5, 5.41) is 4.10. The van der Waals surface area contributed by atoms with Gasteiger partial charge in [0.2, 0.25) is 5.91 Å². The van der Waals surface area contributed by atoms with E-state index in [1.54, 1.807) is 27.6 Å². The molecule has 2 aromatic heterocycles. The van der Waals surface area contributed by atoms with Crippen molar-refractivity contribution in [3.63, 3.8) is 0 Å². The molecule has 4 rings (SSSR count). The van der Waals surface area contributed by atoms with E-state index in [-0.39, 0.29) is 23.5 Å². The van der Waals surface area contributed by atoms with Crippen molar-refractivity contribution < 1.29 is 14.0 Å². The molecule has 0 saturated carbocycles. The minimum Gasteiger partial charge on any atom is -0.339 e.